The lowest BCUT2D eigenvalue weighted by Gasteiger charge is -2.27. The van der Waals surface area contributed by atoms with E-state index in [9.17, 15) is 13.6 Å². The highest BCUT2D eigenvalue weighted by atomic mass is 19.3. The number of hydrazine groups is 1. The van der Waals surface area contributed by atoms with Gasteiger partial charge < -0.3 is 10.5 Å². The van der Waals surface area contributed by atoms with Crippen LogP contribution in [-0.2, 0) is 0 Å². The van der Waals surface area contributed by atoms with Crippen molar-refractivity contribution in [1.29, 1.82) is 0 Å². The average Bonchev–Trinajstić information content (AvgIpc) is 3.01. The fraction of sp³-hybridized carbons (Fsp3) is 0.118. The molecule has 7 heteroatoms. The first-order valence-corrected chi connectivity index (χ1v) is 7.21. The molecule has 0 atom stereocenters. The van der Waals surface area contributed by atoms with E-state index >= 15 is 0 Å². The van der Waals surface area contributed by atoms with E-state index in [-0.39, 0.29) is 5.75 Å². The van der Waals surface area contributed by atoms with Crippen LogP contribution in [0, 0.1) is 0 Å². The number of nitrogens with two attached hydrogens (primary N) is 1. The zero-order valence-electron chi connectivity index (χ0n) is 12.6. The maximum Gasteiger partial charge on any atom is 0.387 e. The van der Waals surface area contributed by atoms with Crippen molar-refractivity contribution in [3.05, 3.63) is 66.4 Å². The summed E-state index contributed by atoms with van der Waals surface area (Å²) in [7, 11) is 0. The van der Waals surface area contributed by atoms with Gasteiger partial charge >= 0.3 is 12.6 Å². The predicted octanol–water partition coefficient (Wildman–Crippen LogP) is 3.44. The van der Waals surface area contributed by atoms with E-state index in [1.54, 1.807) is 23.3 Å². The van der Waals surface area contributed by atoms with Gasteiger partial charge in [-0.15, -0.1) is 0 Å². The van der Waals surface area contributed by atoms with Gasteiger partial charge in [-0.05, 0) is 35.4 Å². The molecular weight excluding hydrogens is 316 g/mol. The Kier molecular flexibility index (Phi) is 4.33. The van der Waals surface area contributed by atoms with Gasteiger partial charge in [-0.1, -0.05) is 30.3 Å². The Balaban J connectivity index is 1.88. The third-order valence-electron chi connectivity index (χ3n) is 3.58. The molecule has 0 radical (unpaired) electrons. The van der Waals surface area contributed by atoms with Crippen molar-refractivity contribution in [3.63, 3.8) is 0 Å². The summed E-state index contributed by atoms with van der Waals surface area (Å²) in [5.41, 5.74) is 7.96. The monoisotopic (exact) mass is 331 g/mol. The van der Waals surface area contributed by atoms with Crippen LogP contribution >= 0.6 is 0 Å². The number of amides is 2. The molecule has 124 valence electrons. The molecule has 0 aliphatic carbocycles. The van der Waals surface area contributed by atoms with Gasteiger partial charge in [0, 0.05) is 6.20 Å². The molecular formula is C17H15F2N3O2. The second-order valence-corrected chi connectivity index (χ2v) is 5.13. The molecule has 3 rings (SSSR count). The fourth-order valence-corrected chi connectivity index (χ4v) is 2.49. The highest BCUT2D eigenvalue weighted by Crippen LogP contribution is 2.30. The van der Waals surface area contributed by atoms with Gasteiger partial charge in [0.25, 0.3) is 0 Å². The number of nitrogens with zero attached hydrogens (tertiary/aromatic N) is 2. The van der Waals surface area contributed by atoms with Gasteiger partial charge in [0.2, 0.25) is 0 Å². The quantitative estimate of drug-likeness (QED) is 0.933. The Morgan fingerprint density at radius 1 is 1.08 bits per heavy atom. The van der Waals surface area contributed by atoms with Crippen molar-refractivity contribution in [2.75, 3.05) is 11.6 Å². The lowest BCUT2D eigenvalue weighted by molar-refractivity contribution is -0.0498. The molecule has 0 fully saturated rings. The van der Waals surface area contributed by atoms with E-state index in [1.807, 2.05) is 30.3 Å². The third-order valence-corrected chi connectivity index (χ3v) is 3.58. The van der Waals surface area contributed by atoms with E-state index in [0.29, 0.717) is 12.2 Å². The molecule has 0 spiro atoms. The van der Waals surface area contributed by atoms with Crippen LogP contribution in [0.5, 0.6) is 5.75 Å². The normalized spacial score (nSPS) is 14.0. The van der Waals surface area contributed by atoms with Crippen LogP contribution in [-0.4, -0.2) is 24.2 Å². The SMILES string of the molecule is NC(=O)N1CC(c2ccccc2)=CN1c1ccc(OC(F)F)cc1. The summed E-state index contributed by atoms with van der Waals surface area (Å²) in [5.74, 6) is 0.0471. The maximum atomic E-state index is 12.2. The van der Waals surface area contributed by atoms with Gasteiger partial charge in [0.1, 0.15) is 5.75 Å². The first-order chi connectivity index (χ1) is 11.5. The number of carbonyl (C=O) groups is 1. The smallest absolute Gasteiger partial charge is 0.387 e. The van der Waals surface area contributed by atoms with Crippen molar-refractivity contribution in [2.24, 2.45) is 5.73 Å². The number of hydrogen-bond donors (Lipinski definition) is 1. The number of ether oxygens (including phenoxy) is 1. The molecule has 24 heavy (non-hydrogen) atoms. The molecule has 0 bridgehead atoms. The topological polar surface area (TPSA) is 58.8 Å². The minimum absolute atomic E-state index is 0.0471. The van der Waals surface area contributed by atoms with Crippen LogP contribution < -0.4 is 15.5 Å². The van der Waals surface area contributed by atoms with Crippen LogP contribution in [0.3, 0.4) is 0 Å². The van der Waals surface area contributed by atoms with Gasteiger partial charge in [0.05, 0.1) is 12.2 Å². The third kappa shape index (κ3) is 3.29. The molecule has 0 saturated heterocycles. The van der Waals surface area contributed by atoms with Crippen LogP contribution in [0.15, 0.2) is 60.8 Å². The van der Waals surface area contributed by atoms with E-state index < -0.39 is 12.6 Å². The van der Waals surface area contributed by atoms with Gasteiger partial charge in [-0.2, -0.15) is 8.78 Å². The predicted molar refractivity (Wildman–Crippen MR) is 86.3 cm³/mol. The van der Waals surface area contributed by atoms with Crippen LogP contribution in [0.1, 0.15) is 5.56 Å². The van der Waals surface area contributed by atoms with E-state index in [4.69, 9.17) is 5.73 Å². The highest BCUT2D eigenvalue weighted by molar-refractivity contribution is 5.83. The van der Waals surface area contributed by atoms with Crippen LogP contribution in [0.2, 0.25) is 0 Å². The van der Waals surface area contributed by atoms with E-state index in [2.05, 4.69) is 4.74 Å². The molecule has 2 N–H and O–H groups in total. The Bertz CT molecular complexity index is 748. The molecule has 2 aromatic rings. The van der Waals surface area contributed by atoms with Crippen molar-refractivity contribution < 1.29 is 18.3 Å². The van der Waals surface area contributed by atoms with Gasteiger partial charge in [0.15, 0.2) is 0 Å². The molecule has 0 unspecified atom stereocenters. The van der Waals surface area contributed by atoms with Crippen molar-refractivity contribution in [3.8, 4) is 5.75 Å². The van der Waals surface area contributed by atoms with Crippen molar-refractivity contribution in [2.45, 2.75) is 6.61 Å². The number of anilines is 1. The summed E-state index contributed by atoms with van der Waals surface area (Å²) in [6, 6.07) is 15.0. The Labute approximate surface area is 137 Å². The first-order valence-electron chi connectivity index (χ1n) is 7.21. The lowest BCUT2D eigenvalue weighted by atomic mass is 10.1. The van der Waals surface area contributed by atoms with E-state index in [1.165, 1.54) is 17.1 Å². The molecule has 1 aliphatic heterocycles. The Morgan fingerprint density at radius 3 is 2.33 bits per heavy atom. The first kappa shape index (κ1) is 15.8. The minimum atomic E-state index is -2.88. The maximum absolute atomic E-state index is 12.2. The highest BCUT2D eigenvalue weighted by Gasteiger charge is 2.27. The lowest BCUT2D eigenvalue weighted by Crippen LogP contribution is -2.43. The number of halogens is 2. The second kappa shape index (κ2) is 6.57. The standard InChI is InChI=1S/C17H15F2N3O2/c18-16(19)24-15-8-6-14(7-9-15)21-10-13(11-22(21)17(20)23)12-4-2-1-3-5-12/h1-10,16H,11H2,(H2,20,23). The average molecular weight is 331 g/mol. The molecule has 1 heterocycles. The molecule has 2 amide bonds. The number of urea groups is 1. The van der Waals surface area contributed by atoms with E-state index in [0.717, 1.165) is 11.1 Å². The summed E-state index contributed by atoms with van der Waals surface area (Å²) in [5, 5.41) is 2.96. The molecule has 2 aromatic carbocycles. The number of hydrogen-bond acceptors (Lipinski definition) is 3. The summed E-state index contributed by atoms with van der Waals surface area (Å²) in [4.78, 5) is 11.7. The number of benzene rings is 2. The summed E-state index contributed by atoms with van der Waals surface area (Å²) in [6.07, 6.45) is 1.79. The van der Waals surface area contributed by atoms with Crippen LogP contribution in [0.25, 0.3) is 5.57 Å². The minimum Gasteiger partial charge on any atom is -0.435 e. The number of alkyl halides is 2. The molecule has 0 saturated carbocycles. The largest absolute Gasteiger partial charge is 0.435 e. The Morgan fingerprint density at radius 2 is 1.75 bits per heavy atom. The number of primary amides is 1. The number of carbonyl (C=O) groups excluding carboxylic acids is 1. The summed E-state index contributed by atoms with van der Waals surface area (Å²) < 4.78 is 28.8. The van der Waals surface area contributed by atoms with Gasteiger partial charge in [-0.3, -0.25) is 5.01 Å². The summed E-state index contributed by atoms with van der Waals surface area (Å²) >= 11 is 0. The zero-order valence-corrected chi connectivity index (χ0v) is 12.6. The fourth-order valence-electron chi connectivity index (χ4n) is 2.49. The molecule has 0 aromatic heterocycles. The van der Waals surface area contributed by atoms with Crippen molar-refractivity contribution in [1.82, 2.24) is 5.01 Å². The summed E-state index contributed by atoms with van der Waals surface area (Å²) in [6.45, 7) is -2.55. The Hall–Kier alpha value is -3.09. The van der Waals surface area contributed by atoms with Crippen LogP contribution in [0.4, 0.5) is 19.3 Å². The zero-order chi connectivity index (χ0) is 17.1. The van der Waals surface area contributed by atoms with Gasteiger partial charge in [-0.25, -0.2) is 9.80 Å². The molecule has 5 nitrogen and oxygen atoms in total. The van der Waals surface area contributed by atoms with Crippen molar-refractivity contribution >= 4 is 17.3 Å². The second-order valence-electron chi connectivity index (χ2n) is 5.13. The molecule has 1 aliphatic rings. The number of rotatable bonds is 4.